The van der Waals surface area contributed by atoms with Crippen molar-refractivity contribution in [2.75, 3.05) is 42.9 Å². The average molecular weight is 953 g/mol. The lowest BCUT2D eigenvalue weighted by Crippen LogP contribution is -2.47. The number of nitro benzene ring substituents is 1. The number of amides is 1. The number of aromatic hydroxyl groups is 1. The van der Waals surface area contributed by atoms with Crippen LogP contribution in [0.2, 0.25) is 5.02 Å². The third-order valence-corrected chi connectivity index (χ3v) is 14.3. The van der Waals surface area contributed by atoms with Crippen LogP contribution in [0.1, 0.15) is 54.6 Å². The van der Waals surface area contributed by atoms with Crippen molar-refractivity contribution in [3.63, 3.8) is 0 Å². The van der Waals surface area contributed by atoms with Gasteiger partial charge in [-0.2, -0.15) is 0 Å². The minimum absolute atomic E-state index is 0.0507. The molecule has 1 fully saturated rings. The Bertz CT molecular complexity index is 3170. The van der Waals surface area contributed by atoms with Gasteiger partial charge in [0.25, 0.3) is 21.6 Å². The number of sulfonamides is 1. The first kappa shape index (κ1) is 45.9. The van der Waals surface area contributed by atoms with E-state index in [2.05, 4.69) is 55.8 Å². The van der Waals surface area contributed by atoms with Gasteiger partial charge in [0.1, 0.15) is 28.6 Å². The van der Waals surface area contributed by atoms with Gasteiger partial charge in [0.15, 0.2) is 0 Å². The van der Waals surface area contributed by atoms with Crippen LogP contribution in [-0.2, 0) is 16.6 Å². The molecule has 68 heavy (non-hydrogen) atoms. The molecule has 2 aromatic heterocycles. The Labute approximate surface area is 399 Å². The number of piperazine rings is 1. The molecule has 1 aliphatic carbocycles. The quantitative estimate of drug-likeness (QED) is 0.0601. The molecule has 7 aromatic rings. The summed E-state index contributed by atoms with van der Waals surface area (Å²) in [6.45, 7) is 8.75. The minimum atomic E-state index is -4.63. The Morgan fingerprint density at radius 1 is 0.926 bits per heavy atom. The van der Waals surface area contributed by atoms with Crippen LogP contribution in [0.4, 0.5) is 17.1 Å². The number of phenolic OH excluding ortho intramolecular Hbond substituents is 1. The molecule has 4 N–H and O–H groups in total. The highest BCUT2D eigenvalue weighted by atomic mass is 35.5. The average Bonchev–Trinajstić information content (AvgIpc) is 3.80. The van der Waals surface area contributed by atoms with Crippen LogP contribution in [0, 0.1) is 15.5 Å². The van der Waals surface area contributed by atoms with E-state index in [0.717, 1.165) is 66.6 Å². The number of hydrogen-bond acceptors (Lipinski definition) is 11. The number of para-hydroxylation sites is 1. The van der Waals surface area contributed by atoms with E-state index < -0.39 is 31.4 Å². The van der Waals surface area contributed by atoms with E-state index in [-0.39, 0.29) is 29.0 Å². The van der Waals surface area contributed by atoms with Crippen LogP contribution in [0.3, 0.4) is 0 Å². The summed E-state index contributed by atoms with van der Waals surface area (Å²) in [4.78, 5) is 37.7. The zero-order valence-electron chi connectivity index (χ0n) is 37.5. The number of aromatic nitrogens is 2. The van der Waals surface area contributed by atoms with E-state index in [1.807, 2.05) is 54.6 Å². The van der Waals surface area contributed by atoms with Gasteiger partial charge >= 0.3 is 0 Å². The van der Waals surface area contributed by atoms with Gasteiger partial charge < -0.3 is 25.0 Å². The summed E-state index contributed by atoms with van der Waals surface area (Å²) < 4.78 is 36.5. The standard InChI is InChI=1S/C52H50ClN7O7S/c1-52(2)21-19-37(46(30-52)35-9-11-38(53)12-10-35)33-58-23-25-59(26-24-58)39-13-17-44(45(28-39)43-5-3-4-6-49(43)67-41-27-36-20-22-54-50(36)56-32-41)51(62)57-68(65,66)42-16-18-47(48(29-42)60(63)64)55-31-34-7-14-40(61)15-8-34/h3-18,20,22,27-29,32,55,61H,19,21,23-26,30-31,33H2,1-2H3,(H,54,56)(H,57,62). The number of allylic oxidation sites excluding steroid dienone is 1. The van der Waals surface area contributed by atoms with Crippen LogP contribution >= 0.6 is 11.6 Å². The second-order valence-electron chi connectivity index (χ2n) is 18.0. The fourth-order valence-electron chi connectivity index (χ4n) is 8.95. The zero-order chi connectivity index (χ0) is 47.6. The number of pyridine rings is 1. The van der Waals surface area contributed by atoms with Crippen molar-refractivity contribution in [1.29, 1.82) is 0 Å². The normalized spacial score (nSPS) is 15.3. The van der Waals surface area contributed by atoms with Crippen molar-refractivity contribution < 1.29 is 28.0 Å². The molecule has 9 rings (SSSR count). The molecule has 0 spiro atoms. The number of H-pyrrole nitrogens is 1. The third-order valence-electron chi connectivity index (χ3n) is 12.7. The molecule has 1 amide bonds. The van der Waals surface area contributed by atoms with E-state index >= 15 is 0 Å². The smallest absolute Gasteiger partial charge is 0.293 e. The van der Waals surface area contributed by atoms with E-state index in [9.17, 15) is 28.4 Å². The first-order valence-corrected chi connectivity index (χ1v) is 24.2. The molecule has 1 saturated heterocycles. The monoisotopic (exact) mass is 951 g/mol. The van der Waals surface area contributed by atoms with E-state index in [1.54, 1.807) is 36.7 Å². The number of nitrogens with zero attached hydrogens (tertiary/aromatic N) is 4. The van der Waals surface area contributed by atoms with Gasteiger partial charge in [0.2, 0.25) is 0 Å². The molecule has 0 saturated carbocycles. The molecule has 2 aliphatic rings. The second kappa shape index (κ2) is 19.2. The molecule has 3 heterocycles. The fourth-order valence-corrected chi connectivity index (χ4v) is 10.1. The van der Waals surface area contributed by atoms with Gasteiger partial charge in [-0.15, -0.1) is 0 Å². The molecule has 0 unspecified atom stereocenters. The third kappa shape index (κ3) is 10.3. The molecular formula is C52H50ClN7O7S. The number of nitrogens with one attached hydrogen (secondary N) is 3. The molecule has 1 aliphatic heterocycles. The number of phenols is 1. The maximum Gasteiger partial charge on any atom is 0.293 e. The number of fused-ring (bicyclic) bond motifs is 1. The largest absolute Gasteiger partial charge is 0.508 e. The molecule has 16 heteroatoms. The van der Waals surface area contributed by atoms with Gasteiger partial charge in [0.05, 0.1) is 16.0 Å². The summed E-state index contributed by atoms with van der Waals surface area (Å²) in [5.74, 6) is 0.0178. The van der Waals surface area contributed by atoms with Crippen LogP contribution < -0.4 is 19.7 Å². The highest BCUT2D eigenvalue weighted by Gasteiger charge is 2.31. The summed E-state index contributed by atoms with van der Waals surface area (Å²) in [7, 11) is -4.63. The predicted molar refractivity (Wildman–Crippen MR) is 266 cm³/mol. The Hall–Kier alpha value is -7.20. The van der Waals surface area contributed by atoms with Crippen LogP contribution in [0.15, 0.2) is 144 Å². The van der Waals surface area contributed by atoms with Gasteiger partial charge in [-0.05, 0) is 114 Å². The van der Waals surface area contributed by atoms with Crippen molar-refractivity contribution in [2.45, 2.75) is 44.6 Å². The van der Waals surface area contributed by atoms with E-state index in [0.29, 0.717) is 41.4 Å². The number of carbonyl (C=O) groups excluding carboxylic acids is 1. The van der Waals surface area contributed by atoms with Gasteiger partial charge in [-0.3, -0.25) is 19.8 Å². The SMILES string of the molecule is CC1(C)CCC(CN2CCN(c3ccc(C(=O)NS(=O)(=O)c4ccc(NCc5ccc(O)cc5)c([N+](=O)[O-])c4)c(-c4ccccc4Oc4cnc5[nH]ccc5c4)c3)CC2)=C(c2ccc(Cl)cc2)C1. The number of hydrogen-bond donors (Lipinski definition) is 4. The summed E-state index contributed by atoms with van der Waals surface area (Å²) in [6, 6.07) is 34.1. The van der Waals surface area contributed by atoms with Crippen molar-refractivity contribution in [2.24, 2.45) is 5.41 Å². The lowest BCUT2D eigenvalue weighted by atomic mass is 9.72. The van der Waals surface area contributed by atoms with Crippen LogP contribution in [0.25, 0.3) is 27.7 Å². The first-order valence-electron chi connectivity index (χ1n) is 22.3. The molecule has 0 atom stereocenters. The number of ether oxygens (including phenoxy) is 1. The number of anilines is 2. The van der Waals surface area contributed by atoms with Crippen LogP contribution in [-0.4, -0.2) is 71.9 Å². The first-order chi connectivity index (χ1) is 32.7. The molecule has 5 aromatic carbocycles. The number of benzene rings is 5. The zero-order valence-corrected chi connectivity index (χ0v) is 39.1. The van der Waals surface area contributed by atoms with Gasteiger partial charge in [0, 0.05) is 84.3 Å². The summed E-state index contributed by atoms with van der Waals surface area (Å²) in [5.41, 5.74) is 7.16. The van der Waals surface area contributed by atoms with Gasteiger partial charge in [-0.25, -0.2) is 18.1 Å². The second-order valence-corrected chi connectivity index (χ2v) is 20.1. The van der Waals surface area contributed by atoms with Crippen molar-refractivity contribution in [1.82, 2.24) is 19.6 Å². The molecule has 348 valence electrons. The lowest BCUT2D eigenvalue weighted by molar-refractivity contribution is -0.384. The maximum absolute atomic E-state index is 14.3. The predicted octanol–water partition coefficient (Wildman–Crippen LogP) is 10.8. The summed E-state index contributed by atoms with van der Waals surface area (Å²) in [5, 5.41) is 26.3. The van der Waals surface area contributed by atoms with Crippen molar-refractivity contribution >= 4 is 61.2 Å². The van der Waals surface area contributed by atoms with Crippen molar-refractivity contribution in [3.8, 4) is 28.4 Å². The number of rotatable bonds is 14. The Kier molecular flexibility index (Phi) is 13.0. The Morgan fingerprint density at radius 2 is 1.69 bits per heavy atom. The molecule has 0 radical (unpaired) electrons. The van der Waals surface area contributed by atoms with E-state index in [1.165, 1.54) is 41.0 Å². The number of nitro groups is 1. The highest BCUT2D eigenvalue weighted by Crippen LogP contribution is 2.44. The lowest BCUT2D eigenvalue weighted by Gasteiger charge is -2.39. The molecule has 14 nitrogen and oxygen atoms in total. The van der Waals surface area contributed by atoms with Gasteiger partial charge in [-0.1, -0.05) is 73.5 Å². The Balaban J connectivity index is 0.992. The molecule has 0 bridgehead atoms. The number of halogens is 1. The summed E-state index contributed by atoms with van der Waals surface area (Å²) in [6.07, 6.45) is 6.55. The van der Waals surface area contributed by atoms with Crippen LogP contribution in [0.5, 0.6) is 17.2 Å². The van der Waals surface area contributed by atoms with E-state index in [4.69, 9.17) is 16.3 Å². The highest BCUT2D eigenvalue weighted by molar-refractivity contribution is 7.90. The number of carbonyl (C=O) groups is 1. The van der Waals surface area contributed by atoms with Crippen molar-refractivity contribution in [3.05, 3.63) is 171 Å². The molecular weight excluding hydrogens is 902 g/mol. The fraction of sp³-hybridized carbons (Fsp3) is 0.231. The minimum Gasteiger partial charge on any atom is -0.508 e. The number of aromatic amines is 1. The maximum atomic E-state index is 14.3. The topological polar surface area (TPSA) is 183 Å². The Morgan fingerprint density at radius 3 is 2.46 bits per heavy atom. The summed E-state index contributed by atoms with van der Waals surface area (Å²) >= 11 is 6.27.